The third kappa shape index (κ3) is 5.85. The number of alkyl halides is 3. The summed E-state index contributed by atoms with van der Waals surface area (Å²) in [6.07, 6.45) is -5.30. The molecule has 0 aliphatic rings. The van der Waals surface area contributed by atoms with Crippen molar-refractivity contribution >= 4 is 45.7 Å². The van der Waals surface area contributed by atoms with Gasteiger partial charge in [-0.3, -0.25) is 14.4 Å². The molecule has 3 aromatic carbocycles. The molecule has 0 fully saturated rings. The monoisotopic (exact) mass is 463 g/mol. The Morgan fingerprint density at radius 2 is 1.66 bits per heavy atom. The number of benzene rings is 3. The molecular formula is C23H17ClF3NO4. The van der Waals surface area contributed by atoms with Crippen LogP contribution < -0.4 is 5.32 Å². The van der Waals surface area contributed by atoms with E-state index in [-0.39, 0.29) is 23.6 Å². The van der Waals surface area contributed by atoms with Crippen molar-refractivity contribution in [3.8, 4) is 0 Å². The molecular weight excluding hydrogens is 447 g/mol. The number of carbonyl (C=O) groups is 3. The second-order valence-corrected chi connectivity index (χ2v) is 7.26. The van der Waals surface area contributed by atoms with E-state index in [1.165, 1.54) is 0 Å². The Bertz CT molecular complexity index is 1170. The molecule has 0 aromatic heterocycles. The van der Waals surface area contributed by atoms with Crippen LogP contribution in [-0.2, 0) is 20.5 Å². The van der Waals surface area contributed by atoms with E-state index in [1.807, 2.05) is 18.2 Å². The van der Waals surface area contributed by atoms with Gasteiger partial charge in [0.15, 0.2) is 6.61 Å². The summed E-state index contributed by atoms with van der Waals surface area (Å²) in [6.45, 7) is -0.492. The van der Waals surface area contributed by atoms with E-state index in [0.717, 1.165) is 22.9 Å². The number of carbonyl (C=O) groups excluding carboxylic acids is 3. The summed E-state index contributed by atoms with van der Waals surface area (Å²) < 4.78 is 43.4. The molecule has 3 aromatic rings. The highest BCUT2D eigenvalue weighted by Crippen LogP contribution is 2.33. The molecule has 32 heavy (non-hydrogen) atoms. The minimum absolute atomic E-state index is 0.0744. The first-order chi connectivity index (χ1) is 15.1. The van der Waals surface area contributed by atoms with E-state index in [2.05, 4.69) is 5.32 Å². The van der Waals surface area contributed by atoms with Gasteiger partial charge < -0.3 is 10.1 Å². The number of hydrogen-bond donors (Lipinski definition) is 1. The number of Topliss-reactive ketones (excluding diaryl/α,β-unsaturated/α-hetero) is 1. The lowest BCUT2D eigenvalue weighted by Crippen LogP contribution is -2.18. The molecule has 0 saturated carbocycles. The smallest absolute Gasteiger partial charge is 0.416 e. The van der Waals surface area contributed by atoms with E-state index < -0.39 is 36.0 Å². The Morgan fingerprint density at radius 3 is 2.41 bits per heavy atom. The highest BCUT2D eigenvalue weighted by molar-refractivity contribution is 6.33. The Kier molecular flexibility index (Phi) is 7.15. The summed E-state index contributed by atoms with van der Waals surface area (Å²) >= 11 is 5.83. The average molecular weight is 464 g/mol. The third-order valence-corrected chi connectivity index (χ3v) is 4.91. The van der Waals surface area contributed by atoms with Crippen LogP contribution in [0.5, 0.6) is 0 Å². The number of esters is 1. The molecule has 0 atom stereocenters. The third-order valence-electron chi connectivity index (χ3n) is 4.58. The number of fused-ring (bicyclic) bond motifs is 1. The molecule has 0 heterocycles. The van der Waals surface area contributed by atoms with E-state index in [4.69, 9.17) is 16.3 Å². The zero-order valence-corrected chi connectivity index (χ0v) is 17.3. The van der Waals surface area contributed by atoms with Crippen molar-refractivity contribution in [2.24, 2.45) is 0 Å². The molecule has 5 nitrogen and oxygen atoms in total. The zero-order chi connectivity index (χ0) is 23.3. The van der Waals surface area contributed by atoms with E-state index >= 15 is 0 Å². The number of halogens is 4. The van der Waals surface area contributed by atoms with Gasteiger partial charge >= 0.3 is 12.1 Å². The van der Waals surface area contributed by atoms with Gasteiger partial charge in [0.05, 0.1) is 22.7 Å². The number of hydrogen-bond acceptors (Lipinski definition) is 4. The van der Waals surface area contributed by atoms with Gasteiger partial charge in [-0.25, -0.2) is 0 Å². The highest BCUT2D eigenvalue weighted by atomic mass is 35.5. The normalized spacial score (nSPS) is 11.2. The second-order valence-electron chi connectivity index (χ2n) is 6.85. The van der Waals surface area contributed by atoms with Gasteiger partial charge in [0.2, 0.25) is 11.7 Å². The SMILES string of the molecule is O=C(CCC(=O)OCC(=O)c1cccc2ccccc12)Nc1cc(C(F)(F)F)ccc1Cl. The predicted octanol–water partition coefficient (Wildman–Crippen LogP) is 5.66. The maximum atomic E-state index is 12.8. The van der Waals surface area contributed by atoms with Gasteiger partial charge in [-0.15, -0.1) is 0 Å². The molecule has 9 heteroatoms. The molecule has 0 aliphatic heterocycles. The summed E-state index contributed by atoms with van der Waals surface area (Å²) in [5, 5.41) is 3.77. The van der Waals surface area contributed by atoms with Crippen LogP contribution in [-0.4, -0.2) is 24.3 Å². The molecule has 0 bridgehead atoms. The lowest BCUT2D eigenvalue weighted by Gasteiger charge is -2.11. The van der Waals surface area contributed by atoms with Gasteiger partial charge in [-0.2, -0.15) is 13.2 Å². The molecule has 166 valence electrons. The van der Waals surface area contributed by atoms with E-state index in [1.54, 1.807) is 24.3 Å². The lowest BCUT2D eigenvalue weighted by molar-refractivity contribution is -0.143. The van der Waals surface area contributed by atoms with Gasteiger partial charge in [-0.1, -0.05) is 54.1 Å². The van der Waals surface area contributed by atoms with Crippen molar-refractivity contribution in [2.45, 2.75) is 19.0 Å². The number of ketones is 1. The van der Waals surface area contributed by atoms with Crippen LogP contribution in [0, 0.1) is 0 Å². The molecule has 0 spiro atoms. The summed E-state index contributed by atoms with van der Waals surface area (Å²) in [5.74, 6) is -1.90. The first-order valence-corrected chi connectivity index (χ1v) is 9.86. The number of amides is 1. The highest BCUT2D eigenvalue weighted by Gasteiger charge is 2.31. The quantitative estimate of drug-likeness (QED) is 0.362. The van der Waals surface area contributed by atoms with Crippen LogP contribution in [0.1, 0.15) is 28.8 Å². The molecule has 0 aliphatic carbocycles. The fraction of sp³-hybridized carbons (Fsp3) is 0.174. The van der Waals surface area contributed by atoms with Crippen molar-refractivity contribution in [3.05, 3.63) is 76.8 Å². The number of ether oxygens (including phenoxy) is 1. The summed E-state index contributed by atoms with van der Waals surface area (Å²) in [6, 6.07) is 15.0. The molecule has 0 radical (unpaired) electrons. The van der Waals surface area contributed by atoms with E-state index in [0.29, 0.717) is 11.6 Å². The predicted molar refractivity (Wildman–Crippen MR) is 114 cm³/mol. The van der Waals surface area contributed by atoms with Gasteiger partial charge in [0, 0.05) is 12.0 Å². The molecule has 1 amide bonds. The maximum Gasteiger partial charge on any atom is 0.416 e. The van der Waals surface area contributed by atoms with Crippen molar-refractivity contribution in [3.63, 3.8) is 0 Å². The summed E-state index contributed by atoms with van der Waals surface area (Å²) in [5.41, 5.74) is -0.776. The average Bonchev–Trinajstić information content (AvgIpc) is 2.76. The van der Waals surface area contributed by atoms with Crippen LogP contribution >= 0.6 is 11.6 Å². The minimum Gasteiger partial charge on any atom is -0.457 e. The molecule has 0 saturated heterocycles. The molecule has 0 unspecified atom stereocenters. The zero-order valence-electron chi connectivity index (χ0n) is 16.5. The topological polar surface area (TPSA) is 72.5 Å². The lowest BCUT2D eigenvalue weighted by atomic mass is 10.0. The Morgan fingerprint density at radius 1 is 0.938 bits per heavy atom. The van der Waals surface area contributed by atoms with Crippen LogP contribution in [0.2, 0.25) is 5.02 Å². The Hall–Kier alpha value is -3.39. The van der Waals surface area contributed by atoms with Crippen molar-refractivity contribution in [1.29, 1.82) is 0 Å². The van der Waals surface area contributed by atoms with Gasteiger partial charge in [0.1, 0.15) is 0 Å². The van der Waals surface area contributed by atoms with Crippen molar-refractivity contribution in [2.75, 3.05) is 11.9 Å². The fourth-order valence-electron chi connectivity index (χ4n) is 2.99. The Labute approximate surface area is 186 Å². The number of rotatable bonds is 7. The Balaban J connectivity index is 1.52. The molecule has 3 rings (SSSR count). The van der Waals surface area contributed by atoms with Gasteiger partial charge in [0.25, 0.3) is 0 Å². The van der Waals surface area contributed by atoms with Crippen LogP contribution in [0.4, 0.5) is 18.9 Å². The number of anilines is 1. The second kappa shape index (κ2) is 9.82. The van der Waals surface area contributed by atoms with Crippen LogP contribution in [0.3, 0.4) is 0 Å². The molecule has 1 N–H and O–H groups in total. The largest absolute Gasteiger partial charge is 0.457 e. The van der Waals surface area contributed by atoms with Crippen LogP contribution in [0.15, 0.2) is 60.7 Å². The standard InChI is InChI=1S/C23H17ClF3NO4/c24-18-9-8-15(23(25,26)27)12-19(18)28-21(30)10-11-22(31)32-13-20(29)17-7-3-5-14-4-1-2-6-16(14)17/h1-9,12H,10-11,13H2,(H,28,30). The summed E-state index contributed by atoms with van der Waals surface area (Å²) in [4.78, 5) is 36.4. The first-order valence-electron chi connectivity index (χ1n) is 9.48. The van der Waals surface area contributed by atoms with Crippen molar-refractivity contribution in [1.82, 2.24) is 0 Å². The maximum absolute atomic E-state index is 12.8. The summed E-state index contributed by atoms with van der Waals surface area (Å²) in [7, 11) is 0. The van der Waals surface area contributed by atoms with Crippen molar-refractivity contribution < 1.29 is 32.3 Å². The minimum atomic E-state index is -4.59. The van der Waals surface area contributed by atoms with E-state index in [9.17, 15) is 27.6 Å². The van der Waals surface area contributed by atoms with Gasteiger partial charge in [-0.05, 0) is 29.0 Å². The number of nitrogens with one attached hydrogen (secondary N) is 1. The van der Waals surface area contributed by atoms with Crippen LogP contribution in [0.25, 0.3) is 10.8 Å². The fourth-order valence-corrected chi connectivity index (χ4v) is 3.16. The first kappa shape index (κ1) is 23.3.